The molecule has 21 heavy (non-hydrogen) atoms. The smallest absolute Gasteiger partial charge is 0.312 e. The van der Waals surface area contributed by atoms with E-state index in [4.69, 9.17) is 0 Å². The van der Waals surface area contributed by atoms with E-state index >= 15 is 0 Å². The number of aryl methyl sites for hydroxylation is 2. The highest BCUT2D eigenvalue weighted by Gasteiger charge is 2.33. The van der Waals surface area contributed by atoms with Gasteiger partial charge in [-0.1, -0.05) is 0 Å². The van der Waals surface area contributed by atoms with Gasteiger partial charge in [-0.05, 0) is 49.1 Å². The molecular weight excluding hydrogens is 304 g/mol. The number of nitrogens with zero attached hydrogens (tertiary/aromatic N) is 1. The van der Waals surface area contributed by atoms with Crippen molar-refractivity contribution in [1.82, 2.24) is 4.98 Å². The van der Waals surface area contributed by atoms with Gasteiger partial charge in [0.15, 0.2) is 5.13 Å². The number of carboxylic acids is 1. The molecule has 2 heterocycles. The third-order valence-electron chi connectivity index (χ3n) is 4.37. The van der Waals surface area contributed by atoms with Crippen molar-refractivity contribution in [3.8, 4) is 0 Å². The van der Waals surface area contributed by atoms with Gasteiger partial charge in [-0.3, -0.25) is 4.79 Å². The zero-order valence-corrected chi connectivity index (χ0v) is 13.1. The number of thiophene rings is 1. The maximum atomic E-state index is 11.2. The van der Waals surface area contributed by atoms with E-state index < -0.39 is 11.9 Å². The highest BCUT2D eigenvalue weighted by atomic mass is 32.1. The lowest BCUT2D eigenvalue weighted by molar-refractivity contribution is -0.138. The van der Waals surface area contributed by atoms with Gasteiger partial charge in [0.05, 0.1) is 11.7 Å². The average molecular weight is 320 g/mol. The fourth-order valence-electron chi connectivity index (χ4n) is 3.31. The largest absolute Gasteiger partial charge is 0.481 e. The van der Waals surface area contributed by atoms with E-state index in [9.17, 15) is 9.90 Å². The molecule has 2 unspecified atom stereocenters. The van der Waals surface area contributed by atoms with Gasteiger partial charge in [-0.2, -0.15) is 0 Å². The molecule has 4 rings (SSSR count). The van der Waals surface area contributed by atoms with E-state index in [-0.39, 0.29) is 0 Å². The van der Waals surface area contributed by atoms with Gasteiger partial charge >= 0.3 is 5.97 Å². The summed E-state index contributed by atoms with van der Waals surface area (Å²) >= 11 is 3.47. The number of fused-ring (bicyclic) bond motifs is 2. The van der Waals surface area contributed by atoms with E-state index in [1.54, 1.807) is 11.3 Å². The maximum Gasteiger partial charge on any atom is 0.312 e. The van der Waals surface area contributed by atoms with Gasteiger partial charge in [0.1, 0.15) is 5.92 Å². The van der Waals surface area contributed by atoms with Crippen LogP contribution in [-0.4, -0.2) is 16.1 Å². The standard InChI is InChI=1S/C15H16N2O2S2/c18-14(19)9-4-5-12-13(9)17-15(21-12)16-10-2-1-3-11-8(10)6-7-20-11/h6-7,9-10H,1-5H2,(H,16,17)(H,18,19). The average Bonchev–Trinajstić information content (AvgIpc) is 3.11. The fourth-order valence-corrected chi connectivity index (χ4v) is 5.39. The second-order valence-electron chi connectivity index (χ2n) is 5.65. The molecule has 0 bridgehead atoms. The number of hydrogen-bond acceptors (Lipinski definition) is 5. The van der Waals surface area contributed by atoms with E-state index in [2.05, 4.69) is 21.7 Å². The quantitative estimate of drug-likeness (QED) is 0.903. The van der Waals surface area contributed by atoms with Gasteiger partial charge in [-0.25, -0.2) is 4.98 Å². The number of thiazole rings is 1. The zero-order chi connectivity index (χ0) is 14.4. The van der Waals surface area contributed by atoms with Crippen LogP contribution < -0.4 is 5.32 Å². The summed E-state index contributed by atoms with van der Waals surface area (Å²) in [5.41, 5.74) is 2.19. The monoisotopic (exact) mass is 320 g/mol. The van der Waals surface area contributed by atoms with Gasteiger partial charge < -0.3 is 10.4 Å². The SMILES string of the molecule is O=C(O)C1CCc2sc(NC3CCCc4sccc43)nc21. The Morgan fingerprint density at radius 3 is 3.10 bits per heavy atom. The Labute approximate surface area is 130 Å². The van der Waals surface area contributed by atoms with E-state index in [0.29, 0.717) is 12.5 Å². The molecule has 0 radical (unpaired) electrons. The van der Waals surface area contributed by atoms with Crippen LogP contribution in [0.3, 0.4) is 0 Å². The molecule has 2 aliphatic rings. The lowest BCUT2D eigenvalue weighted by Crippen LogP contribution is -2.16. The lowest BCUT2D eigenvalue weighted by atomic mass is 9.94. The minimum atomic E-state index is -0.747. The minimum Gasteiger partial charge on any atom is -0.481 e. The third-order valence-corrected chi connectivity index (χ3v) is 6.42. The van der Waals surface area contributed by atoms with E-state index in [0.717, 1.165) is 28.5 Å². The van der Waals surface area contributed by atoms with Crippen LogP contribution in [0.25, 0.3) is 0 Å². The summed E-state index contributed by atoms with van der Waals surface area (Å²) in [6.07, 6.45) is 5.05. The molecule has 2 aromatic rings. The lowest BCUT2D eigenvalue weighted by Gasteiger charge is -2.23. The molecule has 0 aliphatic heterocycles. The van der Waals surface area contributed by atoms with Gasteiger partial charge in [0.25, 0.3) is 0 Å². The van der Waals surface area contributed by atoms with Crippen LogP contribution in [0, 0.1) is 0 Å². The van der Waals surface area contributed by atoms with Crippen LogP contribution in [0.4, 0.5) is 5.13 Å². The molecule has 6 heteroatoms. The summed E-state index contributed by atoms with van der Waals surface area (Å²) < 4.78 is 0. The van der Waals surface area contributed by atoms with Crippen molar-refractivity contribution in [2.24, 2.45) is 0 Å². The van der Waals surface area contributed by atoms with Crippen LogP contribution in [0.15, 0.2) is 11.4 Å². The Bertz CT molecular complexity index is 692. The summed E-state index contributed by atoms with van der Waals surface area (Å²) in [7, 11) is 0. The molecule has 2 atom stereocenters. The van der Waals surface area contributed by atoms with Crippen LogP contribution in [0.5, 0.6) is 0 Å². The first-order chi connectivity index (χ1) is 10.2. The molecule has 0 aromatic carbocycles. The van der Waals surface area contributed by atoms with Crippen molar-refractivity contribution in [2.45, 2.75) is 44.1 Å². The second-order valence-corrected chi connectivity index (χ2v) is 7.73. The highest BCUT2D eigenvalue weighted by Crippen LogP contribution is 2.41. The van der Waals surface area contributed by atoms with Gasteiger partial charge in [0.2, 0.25) is 0 Å². The third kappa shape index (κ3) is 2.26. The number of nitrogens with one attached hydrogen (secondary N) is 1. The number of hydrogen-bond donors (Lipinski definition) is 2. The Hall–Kier alpha value is -1.40. The molecule has 0 spiro atoms. The van der Waals surface area contributed by atoms with Crippen LogP contribution in [0.2, 0.25) is 0 Å². The number of anilines is 1. The maximum absolute atomic E-state index is 11.2. The summed E-state index contributed by atoms with van der Waals surface area (Å²) in [5.74, 6) is -1.15. The highest BCUT2D eigenvalue weighted by molar-refractivity contribution is 7.15. The summed E-state index contributed by atoms with van der Waals surface area (Å²) in [5, 5.41) is 15.8. The van der Waals surface area contributed by atoms with Crippen molar-refractivity contribution >= 4 is 33.8 Å². The normalized spacial score (nSPS) is 23.6. The Kier molecular flexibility index (Phi) is 3.23. The van der Waals surface area contributed by atoms with Gasteiger partial charge in [0, 0.05) is 9.75 Å². The molecule has 2 N–H and O–H groups in total. The molecule has 0 saturated carbocycles. The first-order valence-corrected chi connectivity index (χ1v) is 8.97. The fraction of sp³-hybridized carbons (Fsp3) is 0.467. The van der Waals surface area contributed by atoms with Crippen LogP contribution in [-0.2, 0) is 17.6 Å². The molecule has 0 fully saturated rings. The molecule has 4 nitrogen and oxygen atoms in total. The number of carbonyl (C=O) groups is 1. The summed E-state index contributed by atoms with van der Waals surface area (Å²) in [6, 6.07) is 2.53. The number of carboxylic acid groups (broad SMARTS) is 1. The van der Waals surface area contributed by atoms with Crippen LogP contribution >= 0.6 is 22.7 Å². The first-order valence-electron chi connectivity index (χ1n) is 7.27. The van der Waals surface area contributed by atoms with Crippen molar-refractivity contribution in [2.75, 3.05) is 5.32 Å². The Morgan fingerprint density at radius 2 is 2.24 bits per heavy atom. The number of aromatic nitrogens is 1. The zero-order valence-electron chi connectivity index (χ0n) is 11.5. The summed E-state index contributed by atoms with van der Waals surface area (Å²) in [4.78, 5) is 18.4. The van der Waals surface area contributed by atoms with Crippen molar-refractivity contribution in [1.29, 1.82) is 0 Å². The Balaban J connectivity index is 1.58. The van der Waals surface area contributed by atoms with Crippen molar-refractivity contribution in [3.63, 3.8) is 0 Å². The molecule has 0 saturated heterocycles. The Morgan fingerprint density at radius 1 is 1.33 bits per heavy atom. The summed E-state index contributed by atoms with van der Waals surface area (Å²) in [6.45, 7) is 0. The van der Waals surface area contributed by atoms with Crippen molar-refractivity contribution in [3.05, 3.63) is 32.5 Å². The number of rotatable bonds is 3. The molecule has 2 aliphatic carbocycles. The number of aliphatic carboxylic acids is 1. The molecular formula is C15H16N2O2S2. The van der Waals surface area contributed by atoms with E-state index in [1.165, 1.54) is 23.3 Å². The first kappa shape index (κ1) is 13.3. The topological polar surface area (TPSA) is 62.2 Å². The van der Waals surface area contributed by atoms with Crippen LogP contribution in [0.1, 0.15) is 52.2 Å². The van der Waals surface area contributed by atoms with Crippen molar-refractivity contribution < 1.29 is 9.90 Å². The minimum absolute atomic E-state index is 0.328. The second kappa shape index (κ2) is 5.10. The van der Waals surface area contributed by atoms with Gasteiger partial charge in [-0.15, -0.1) is 22.7 Å². The molecule has 110 valence electrons. The molecule has 2 aromatic heterocycles. The predicted octanol–water partition coefficient (Wildman–Crippen LogP) is 3.81. The molecule has 0 amide bonds. The predicted molar refractivity (Wildman–Crippen MR) is 84.4 cm³/mol. The van der Waals surface area contributed by atoms with E-state index in [1.807, 2.05) is 11.3 Å².